The van der Waals surface area contributed by atoms with E-state index in [0.29, 0.717) is 15.8 Å². The summed E-state index contributed by atoms with van der Waals surface area (Å²) in [7, 11) is 0. The van der Waals surface area contributed by atoms with E-state index in [-0.39, 0.29) is 11.3 Å². The van der Waals surface area contributed by atoms with Crippen LogP contribution in [0.1, 0.15) is 35.5 Å². The van der Waals surface area contributed by atoms with Gasteiger partial charge in [0, 0.05) is 6.54 Å². The minimum atomic E-state index is -0.604. The molecule has 0 spiro atoms. The van der Waals surface area contributed by atoms with Crippen molar-refractivity contribution >= 4 is 27.9 Å². The molecule has 17 heavy (non-hydrogen) atoms. The first-order valence-corrected chi connectivity index (χ1v) is 6.15. The quantitative estimate of drug-likeness (QED) is 0.742. The number of nitriles is 1. The number of carbonyl (C=O) groups is 1. The second kappa shape index (κ2) is 5.55. The molecule has 0 saturated carbocycles. The standard InChI is InChI=1S/C11H16N4OS/c1-6(2)3-4-15-11-8(10(14)16)9(13)7(5-12)17-11/h6,15H,3-4,13H2,1-2H3,(H2,14,16). The van der Waals surface area contributed by atoms with Gasteiger partial charge in [-0.25, -0.2) is 0 Å². The Hall–Kier alpha value is -1.74. The average molecular weight is 252 g/mol. The molecule has 5 N–H and O–H groups in total. The summed E-state index contributed by atoms with van der Waals surface area (Å²) in [5, 5.41) is 12.6. The Morgan fingerprint density at radius 1 is 1.59 bits per heavy atom. The van der Waals surface area contributed by atoms with Gasteiger partial charge in [0.2, 0.25) is 0 Å². The Bertz CT molecular complexity index is 459. The highest BCUT2D eigenvalue weighted by molar-refractivity contribution is 7.17. The molecule has 0 bridgehead atoms. The zero-order chi connectivity index (χ0) is 13.0. The normalized spacial score (nSPS) is 10.2. The number of anilines is 2. The molecule has 1 heterocycles. The monoisotopic (exact) mass is 252 g/mol. The average Bonchev–Trinajstić information content (AvgIpc) is 2.54. The Labute approximate surface area is 104 Å². The van der Waals surface area contributed by atoms with Crippen LogP contribution in [0.25, 0.3) is 0 Å². The lowest BCUT2D eigenvalue weighted by Gasteiger charge is -2.07. The number of nitrogens with two attached hydrogens (primary N) is 2. The highest BCUT2D eigenvalue weighted by Gasteiger charge is 2.19. The summed E-state index contributed by atoms with van der Waals surface area (Å²) in [6.45, 7) is 4.95. The van der Waals surface area contributed by atoms with Gasteiger partial charge in [-0.2, -0.15) is 5.26 Å². The number of hydrogen-bond donors (Lipinski definition) is 3. The van der Waals surface area contributed by atoms with Crippen LogP contribution in [-0.4, -0.2) is 12.5 Å². The molecule has 0 fully saturated rings. The van der Waals surface area contributed by atoms with Crippen molar-refractivity contribution in [3.05, 3.63) is 10.4 Å². The van der Waals surface area contributed by atoms with Gasteiger partial charge in [-0.3, -0.25) is 4.79 Å². The molecule has 5 nitrogen and oxygen atoms in total. The topological polar surface area (TPSA) is 105 Å². The molecule has 0 aliphatic rings. The van der Waals surface area contributed by atoms with Crippen molar-refractivity contribution in [1.82, 2.24) is 0 Å². The minimum Gasteiger partial charge on any atom is -0.396 e. The fourth-order valence-corrected chi connectivity index (χ4v) is 2.32. The van der Waals surface area contributed by atoms with Crippen molar-refractivity contribution in [2.45, 2.75) is 20.3 Å². The number of carbonyl (C=O) groups excluding carboxylic acids is 1. The fraction of sp³-hybridized carbons (Fsp3) is 0.455. The van der Waals surface area contributed by atoms with Crippen molar-refractivity contribution in [3.8, 4) is 6.07 Å². The first-order chi connectivity index (χ1) is 7.97. The maximum Gasteiger partial charge on any atom is 0.253 e. The third kappa shape index (κ3) is 3.11. The molecule has 1 amide bonds. The molecule has 0 radical (unpaired) electrons. The summed E-state index contributed by atoms with van der Waals surface area (Å²) in [5.41, 5.74) is 11.4. The summed E-state index contributed by atoms with van der Waals surface area (Å²) in [4.78, 5) is 11.6. The third-order valence-electron chi connectivity index (χ3n) is 2.30. The Morgan fingerprint density at radius 3 is 2.71 bits per heavy atom. The Kier molecular flexibility index (Phi) is 4.35. The van der Waals surface area contributed by atoms with E-state index in [1.54, 1.807) is 0 Å². The van der Waals surface area contributed by atoms with Crippen LogP contribution in [0.15, 0.2) is 0 Å². The van der Waals surface area contributed by atoms with Gasteiger partial charge in [0.15, 0.2) is 0 Å². The van der Waals surface area contributed by atoms with E-state index in [2.05, 4.69) is 19.2 Å². The van der Waals surface area contributed by atoms with Crippen LogP contribution in [0.5, 0.6) is 0 Å². The predicted octanol–water partition coefficient (Wildman–Crippen LogP) is 1.76. The van der Waals surface area contributed by atoms with Gasteiger partial charge in [0.25, 0.3) is 5.91 Å². The van der Waals surface area contributed by atoms with Gasteiger partial charge in [-0.05, 0) is 12.3 Å². The van der Waals surface area contributed by atoms with E-state index in [4.69, 9.17) is 16.7 Å². The number of nitrogens with zero attached hydrogens (tertiary/aromatic N) is 1. The highest BCUT2D eigenvalue weighted by atomic mass is 32.1. The Morgan fingerprint density at radius 2 is 2.24 bits per heavy atom. The van der Waals surface area contributed by atoms with E-state index in [1.165, 1.54) is 11.3 Å². The SMILES string of the molecule is CC(C)CCNc1sc(C#N)c(N)c1C(N)=O. The number of nitrogens with one attached hydrogen (secondary N) is 1. The molecule has 0 aliphatic carbocycles. The molecule has 0 atom stereocenters. The molecule has 0 unspecified atom stereocenters. The van der Waals surface area contributed by atoms with Crippen LogP contribution in [0.4, 0.5) is 10.7 Å². The molecular weight excluding hydrogens is 236 g/mol. The molecule has 1 rings (SSSR count). The van der Waals surface area contributed by atoms with E-state index >= 15 is 0 Å². The van der Waals surface area contributed by atoms with Crippen LogP contribution in [0.3, 0.4) is 0 Å². The lowest BCUT2D eigenvalue weighted by molar-refractivity contribution is 0.100. The van der Waals surface area contributed by atoms with Crippen molar-refractivity contribution < 1.29 is 4.79 Å². The van der Waals surface area contributed by atoms with E-state index in [0.717, 1.165) is 13.0 Å². The summed E-state index contributed by atoms with van der Waals surface area (Å²) < 4.78 is 0. The van der Waals surface area contributed by atoms with Gasteiger partial charge < -0.3 is 16.8 Å². The van der Waals surface area contributed by atoms with Crippen molar-refractivity contribution in [1.29, 1.82) is 5.26 Å². The number of hydrogen-bond acceptors (Lipinski definition) is 5. The minimum absolute atomic E-state index is 0.178. The molecular formula is C11H16N4OS. The number of rotatable bonds is 5. The molecule has 6 heteroatoms. The second-order valence-electron chi connectivity index (χ2n) is 4.13. The zero-order valence-electron chi connectivity index (χ0n) is 9.91. The van der Waals surface area contributed by atoms with E-state index in [9.17, 15) is 4.79 Å². The number of nitrogen functional groups attached to an aromatic ring is 1. The largest absolute Gasteiger partial charge is 0.396 e. The summed E-state index contributed by atoms with van der Waals surface area (Å²) >= 11 is 1.17. The van der Waals surface area contributed by atoms with Gasteiger partial charge >= 0.3 is 0 Å². The predicted molar refractivity (Wildman–Crippen MR) is 69.9 cm³/mol. The smallest absolute Gasteiger partial charge is 0.253 e. The van der Waals surface area contributed by atoms with E-state index < -0.39 is 5.91 Å². The van der Waals surface area contributed by atoms with Crippen molar-refractivity contribution in [2.24, 2.45) is 11.7 Å². The molecule has 1 aromatic rings. The van der Waals surface area contributed by atoms with Gasteiger partial charge in [0.05, 0.1) is 11.3 Å². The van der Waals surface area contributed by atoms with Crippen LogP contribution in [0.2, 0.25) is 0 Å². The lowest BCUT2D eigenvalue weighted by atomic mass is 10.1. The van der Waals surface area contributed by atoms with Crippen LogP contribution < -0.4 is 16.8 Å². The number of thiophene rings is 1. The van der Waals surface area contributed by atoms with Crippen LogP contribution in [0, 0.1) is 17.2 Å². The maximum atomic E-state index is 11.3. The summed E-state index contributed by atoms with van der Waals surface area (Å²) in [6.07, 6.45) is 0.970. The highest BCUT2D eigenvalue weighted by Crippen LogP contribution is 2.34. The van der Waals surface area contributed by atoms with Crippen molar-refractivity contribution in [2.75, 3.05) is 17.6 Å². The second-order valence-corrected chi connectivity index (χ2v) is 5.15. The maximum absolute atomic E-state index is 11.3. The Balaban J connectivity index is 2.91. The lowest BCUT2D eigenvalue weighted by Crippen LogP contribution is -2.15. The molecule has 92 valence electrons. The van der Waals surface area contributed by atoms with Crippen molar-refractivity contribution in [3.63, 3.8) is 0 Å². The van der Waals surface area contributed by atoms with Gasteiger partial charge in [-0.1, -0.05) is 13.8 Å². The third-order valence-corrected chi connectivity index (χ3v) is 3.37. The molecule has 0 aromatic carbocycles. The summed E-state index contributed by atoms with van der Waals surface area (Å²) in [6, 6.07) is 1.96. The van der Waals surface area contributed by atoms with Gasteiger partial charge in [0.1, 0.15) is 15.9 Å². The summed E-state index contributed by atoms with van der Waals surface area (Å²) in [5.74, 6) is -0.0421. The van der Waals surface area contributed by atoms with E-state index in [1.807, 2.05) is 6.07 Å². The molecule has 0 saturated heterocycles. The van der Waals surface area contributed by atoms with Gasteiger partial charge in [-0.15, -0.1) is 11.3 Å². The number of amides is 1. The fourth-order valence-electron chi connectivity index (χ4n) is 1.37. The van der Waals surface area contributed by atoms with Crippen LogP contribution in [-0.2, 0) is 0 Å². The van der Waals surface area contributed by atoms with Crippen LogP contribution >= 0.6 is 11.3 Å². The molecule has 1 aromatic heterocycles. The first-order valence-electron chi connectivity index (χ1n) is 5.33. The zero-order valence-corrected chi connectivity index (χ0v) is 10.7. The first kappa shape index (κ1) is 13.3. The number of primary amides is 1. The molecule has 0 aliphatic heterocycles.